The number of aromatic hydroxyl groups is 2. The molecule has 0 bridgehead atoms. The summed E-state index contributed by atoms with van der Waals surface area (Å²) in [7, 11) is 0. The maximum atomic E-state index is 13.0. The molecule has 0 saturated carbocycles. The minimum Gasteiger partial charge on any atom is -0.508 e. The monoisotopic (exact) mass is 402 g/mol. The van der Waals surface area contributed by atoms with Crippen molar-refractivity contribution in [2.75, 3.05) is 13.2 Å². The van der Waals surface area contributed by atoms with E-state index in [9.17, 15) is 24.9 Å². The first-order valence-electron chi connectivity index (χ1n) is 9.00. The number of esters is 1. The van der Waals surface area contributed by atoms with Gasteiger partial charge in [-0.2, -0.15) is 0 Å². The predicted octanol–water partition coefficient (Wildman–Crippen LogP) is 1.41. The Kier molecular flexibility index (Phi) is 5.50. The second kappa shape index (κ2) is 7.73. The summed E-state index contributed by atoms with van der Waals surface area (Å²) in [6.45, 7) is 2.60. The molecule has 0 aromatic heterocycles. The van der Waals surface area contributed by atoms with Gasteiger partial charge in [0.05, 0.1) is 6.61 Å². The Hall–Kier alpha value is -3.10. The third-order valence-corrected chi connectivity index (χ3v) is 5.06. The fourth-order valence-electron chi connectivity index (χ4n) is 3.43. The van der Waals surface area contributed by atoms with Crippen LogP contribution in [-0.2, 0) is 14.3 Å². The molecular weight excluding hydrogens is 380 g/mol. The predicted molar refractivity (Wildman–Crippen MR) is 101 cm³/mol. The van der Waals surface area contributed by atoms with E-state index < -0.39 is 29.2 Å². The number of carbonyl (C=O) groups excluding carboxylic acids is 2. The summed E-state index contributed by atoms with van der Waals surface area (Å²) in [5, 5.41) is 39.0. The topological polar surface area (TPSA) is 134 Å². The number of phenolic OH excluding ortho intramolecular Hbond substituents is 2. The third kappa shape index (κ3) is 3.76. The number of aliphatic hydroxyl groups excluding tert-OH is 2. The van der Waals surface area contributed by atoms with E-state index in [0.717, 1.165) is 6.07 Å². The van der Waals surface area contributed by atoms with Gasteiger partial charge in [-0.1, -0.05) is 6.08 Å². The molecule has 0 spiro atoms. The Morgan fingerprint density at radius 3 is 2.76 bits per heavy atom. The molecule has 8 heteroatoms. The molecule has 1 aliphatic heterocycles. The zero-order valence-electron chi connectivity index (χ0n) is 16.0. The number of benzene rings is 1. The van der Waals surface area contributed by atoms with Crippen LogP contribution < -0.4 is 0 Å². The molecule has 0 amide bonds. The van der Waals surface area contributed by atoms with Crippen molar-refractivity contribution in [3.05, 3.63) is 58.4 Å². The van der Waals surface area contributed by atoms with Crippen molar-refractivity contribution in [1.82, 2.24) is 0 Å². The van der Waals surface area contributed by atoms with Gasteiger partial charge in [0.2, 0.25) is 5.78 Å². The average molecular weight is 402 g/mol. The first-order chi connectivity index (χ1) is 13.7. The number of aryl methyl sites for hydroxylation is 1. The lowest BCUT2D eigenvalue weighted by Crippen LogP contribution is -2.54. The molecule has 1 heterocycles. The van der Waals surface area contributed by atoms with E-state index in [1.165, 1.54) is 26.0 Å². The van der Waals surface area contributed by atoms with Crippen molar-refractivity contribution in [2.24, 2.45) is 0 Å². The van der Waals surface area contributed by atoms with Gasteiger partial charge < -0.3 is 29.9 Å². The first-order valence-corrected chi connectivity index (χ1v) is 9.00. The van der Waals surface area contributed by atoms with Crippen molar-refractivity contribution in [1.29, 1.82) is 0 Å². The van der Waals surface area contributed by atoms with E-state index >= 15 is 0 Å². The molecule has 8 nitrogen and oxygen atoms in total. The molecule has 0 saturated heterocycles. The molecule has 1 aromatic rings. The molecule has 0 fully saturated rings. The zero-order valence-corrected chi connectivity index (χ0v) is 16.0. The normalized spacial score (nSPS) is 24.2. The van der Waals surface area contributed by atoms with Gasteiger partial charge >= 0.3 is 5.97 Å². The van der Waals surface area contributed by atoms with E-state index in [1.54, 1.807) is 12.2 Å². The minimum absolute atomic E-state index is 0.0564. The van der Waals surface area contributed by atoms with E-state index in [1.807, 2.05) is 0 Å². The molecule has 2 aliphatic rings. The van der Waals surface area contributed by atoms with Gasteiger partial charge in [-0.25, -0.2) is 4.79 Å². The van der Waals surface area contributed by atoms with Gasteiger partial charge in [0.25, 0.3) is 0 Å². The van der Waals surface area contributed by atoms with Gasteiger partial charge in [0.15, 0.2) is 5.60 Å². The van der Waals surface area contributed by atoms with Crippen molar-refractivity contribution in [3.63, 3.8) is 0 Å². The number of aliphatic hydroxyl groups is 2. The molecule has 3 rings (SSSR count). The summed E-state index contributed by atoms with van der Waals surface area (Å²) in [5.74, 6) is -1.83. The van der Waals surface area contributed by atoms with Crippen LogP contribution in [0.4, 0.5) is 0 Å². The largest absolute Gasteiger partial charge is 0.508 e. The Morgan fingerprint density at radius 1 is 1.38 bits per heavy atom. The van der Waals surface area contributed by atoms with Crippen LogP contribution in [0.15, 0.2) is 47.3 Å². The van der Waals surface area contributed by atoms with E-state index in [2.05, 4.69) is 0 Å². The molecule has 2 atom stereocenters. The number of phenols is 2. The molecule has 4 N–H and O–H groups in total. The molecule has 2 unspecified atom stereocenters. The highest BCUT2D eigenvalue weighted by Crippen LogP contribution is 2.38. The third-order valence-electron chi connectivity index (χ3n) is 5.06. The van der Waals surface area contributed by atoms with E-state index in [4.69, 9.17) is 14.6 Å². The molecule has 1 aromatic carbocycles. The van der Waals surface area contributed by atoms with Crippen molar-refractivity contribution in [2.45, 2.75) is 32.0 Å². The number of ketones is 1. The summed E-state index contributed by atoms with van der Waals surface area (Å²) in [6.07, 6.45) is 3.39. The first kappa shape index (κ1) is 20.6. The van der Waals surface area contributed by atoms with Gasteiger partial charge in [-0.05, 0) is 43.2 Å². The maximum absolute atomic E-state index is 13.0. The highest BCUT2D eigenvalue weighted by Gasteiger charge is 2.50. The van der Waals surface area contributed by atoms with Crippen molar-refractivity contribution < 1.29 is 39.5 Å². The second-order valence-electron chi connectivity index (χ2n) is 7.13. The van der Waals surface area contributed by atoms with Crippen LogP contribution in [0.1, 0.15) is 29.3 Å². The Bertz CT molecular complexity index is 932. The number of Topliss-reactive ketones (excluding diaryl/α,β-unsaturated/α-hetero) is 1. The van der Waals surface area contributed by atoms with Crippen LogP contribution in [0.25, 0.3) is 0 Å². The van der Waals surface area contributed by atoms with Gasteiger partial charge in [0, 0.05) is 18.1 Å². The van der Waals surface area contributed by atoms with Gasteiger partial charge in [0.1, 0.15) is 35.5 Å². The van der Waals surface area contributed by atoms with Crippen LogP contribution in [-0.4, -0.2) is 57.1 Å². The maximum Gasteiger partial charge on any atom is 0.343 e. The highest BCUT2D eigenvalue weighted by atomic mass is 16.6. The fourth-order valence-corrected chi connectivity index (χ4v) is 3.43. The number of allylic oxidation sites excluding steroid dienone is 2. The lowest BCUT2D eigenvalue weighted by Gasteiger charge is -2.39. The molecule has 0 radical (unpaired) electrons. The van der Waals surface area contributed by atoms with Gasteiger partial charge in [-0.15, -0.1) is 0 Å². The smallest absolute Gasteiger partial charge is 0.343 e. The van der Waals surface area contributed by atoms with Crippen LogP contribution in [0, 0.1) is 6.92 Å². The van der Waals surface area contributed by atoms with E-state index in [-0.39, 0.29) is 36.5 Å². The summed E-state index contributed by atoms with van der Waals surface area (Å²) in [5.41, 5.74) is -0.928. The molecular formula is C21H22O8. The second-order valence-corrected chi connectivity index (χ2v) is 7.13. The van der Waals surface area contributed by atoms with Gasteiger partial charge in [-0.3, -0.25) is 4.79 Å². The van der Waals surface area contributed by atoms with E-state index in [0.29, 0.717) is 16.9 Å². The number of rotatable bonds is 4. The number of hydrogen-bond acceptors (Lipinski definition) is 8. The summed E-state index contributed by atoms with van der Waals surface area (Å²) < 4.78 is 10.9. The lowest BCUT2D eigenvalue weighted by atomic mass is 9.77. The number of hydrogen-bond donors (Lipinski definition) is 4. The zero-order chi connectivity index (χ0) is 21.3. The minimum atomic E-state index is -1.86. The summed E-state index contributed by atoms with van der Waals surface area (Å²) in [4.78, 5) is 25.7. The Balaban J connectivity index is 1.91. The quantitative estimate of drug-likeness (QED) is 0.556. The summed E-state index contributed by atoms with van der Waals surface area (Å²) >= 11 is 0. The number of carbonyl (C=O) groups is 2. The molecule has 154 valence electrons. The Morgan fingerprint density at radius 2 is 2.10 bits per heavy atom. The van der Waals surface area contributed by atoms with Crippen LogP contribution in [0.5, 0.6) is 11.5 Å². The summed E-state index contributed by atoms with van der Waals surface area (Å²) in [6, 6.07) is 2.27. The standard InChI is InChI=1S/C21H22O8/c1-11-6-13(23)9-16(24)18(11)20(27)29-21(2)17(25)8-12-7-14(4-3-5-22)28-10-15(12)19(21)26/h3-4,6-7,9,17,22-25H,5,8,10H2,1-2H3. The van der Waals surface area contributed by atoms with Crippen LogP contribution >= 0.6 is 0 Å². The van der Waals surface area contributed by atoms with Crippen molar-refractivity contribution >= 4 is 11.8 Å². The van der Waals surface area contributed by atoms with Crippen molar-refractivity contribution in [3.8, 4) is 11.5 Å². The molecule has 29 heavy (non-hydrogen) atoms. The highest BCUT2D eigenvalue weighted by molar-refractivity contribution is 6.07. The molecule has 1 aliphatic carbocycles. The van der Waals surface area contributed by atoms with Crippen LogP contribution in [0.3, 0.4) is 0 Å². The average Bonchev–Trinajstić information content (AvgIpc) is 2.64. The number of ether oxygens (including phenoxy) is 2. The van der Waals surface area contributed by atoms with Crippen LogP contribution in [0.2, 0.25) is 0 Å². The Labute approximate surface area is 167 Å². The SMILES string of the molecule is Cc1cc(O)cc(O)c1C(=O)OC1(C)C(=O)C2=C(C=C(C=CCO)OC2)CC1O. The lowest BCUT2D eigenvalue weighted by molar-refractivity contribution is -0.147. The fraction of sp³-hybridized carbons (Fsp3) is 0.333.